The molecule has 0 bridgehead atoms. The van der Waals surface area contributed by atoms with Crippen LogP contribution in [0.25, 0.3) is 0 Å². The molecule has 0 aromatic rings. The maximum absolute atomic E-state index is 9.88. The number of halogens is 1. The van der Waals surface area contributed by atoms with Crippen molar-refractivity contribution in [2.24, 2.45) is 0 Å². The Kier molecular flexibility index (Phi) is 8.78. The van der Waals surface area contributed by atoms with E-state index in [0.717, 1.165) is 0 Å². The van der Waals surface area contributed by atoms with Gasteiger partial charge in [0.2, 0.25) is 0 Å². The van der Waals surface area contributed by atoms with Crippen molar-refractivity contribution in [2.45, 2.75) is 0 Å². The van der Waals surface area contributed by atoms with E-state index in [9.17, 15) is 8.42 Å². The Morgan fingerprint density at radius 3 is 2.22 bits per heavy atom. The van der Waals surface area contributed by atoms with Crippen molar-refractivity contribution in [3.63, 3.8) is 0 Å². The number of hydrogen-bond acceptors (Lipinski definition) is 3. The van der Waals surface area contributed by atoms with E-state index in [0.29, 0.717) is 0 Å². The first-order valence-electron chi connectivity index (χ1n) is 1.85. The van der Waals surface area contributed by atoms with Gasteiger partial charge in [0.15, 0.2) is 0 Å². The standard InChI is InChI=1S/C2H6BrNO3S.Na.H/c3-4-1-2-8(5,6)7;;/h4H,1-2H2,(H,5,6,7);;/q;+1;-1. The molecule has 0 aromatic heterocycles. The summed E-state index contributed by atoms with van der Waals surface area (Å²) in [6, 6.07) is 0. The third-order valence-corrected chi connectivity index (χ3v) is 1.57. The van der Waals surface area contributed by atoms with Crippen molar-refractivity contribution in [3.05, 3.63) is 0 Å². The number of nitrogens with one attached hydrogen (secondary N) is 1. The summed E-state index contributed by atoms with van der Waals surface area (Å²) in [5, 5.41) is 0. The molecule has 0 atom stereocenters. The van der Waals surface area contributed by atoms with Crippen molar-refractivity contribution < 1.29 is 44.0 Å². The molecule has 0 rings (SSSR count). The molecule has 0 aromatic carbocycles. The molecule has 0 fully saturated rings. The average molecular weight is 228 g/mol. The van der Waals surface area contributed by atoms with E-state index < -0.39 is 10.1 Å². The van der Waals surface area contributed by atoms with Gasteiger partial charge in [-0.3, -0.25) is 8.90 Å². The van der Waals surface area contributed by atoms with Crippen molar-refractivity contribution in [1.29, 1.82) is 0 Å². The van der Waals surface area contributed by atoms with Crippen LogP contribution in [0.3, 0.4) is 0 Å². The predicted molar refractivity (Wildman–Crippen MR) is 34.5 cm³/mol. The molecule has 4 nitrogen and oxygen atoms in total. The molecule has 0 spiro atoms. The topological polar surface area (TPSA) is 66.4 Å². The molecule has 2 N–H and O–H groups in total. The molecule has 0 aliphatic rings. The van der Waals surface area contributed by atoms with E-state index >= 15 is 0 Å². The second kappa shape index (κ2) is 6.09. The van der Waals surface area contributed by atoms with E-state index in [-0.39, 0.29) is 43.3 Å². The summed E-state index contributed by atoms with van der Waals surface area (Å²) in [5.74, 6) is -0.266. The molecule has 52 valence electrons. The normalized spacial score (nSPS) is 10.4. The van der Waals surface area contributed by atoms with Crippen LogP contribution >= 0.6 is 16.1 Å². The molecule has 0 radical (unpaired) electrons. The zero-order valence-electron chi connectivity index (χ0n) is 5.96. The second-order valence-electron chi connectivity index (χ2n) is 1.17. The molecular weight excluding hydrogens is 221 g/mol. The van der Waals surface area contributed by atoms with Crippen molar-refractivity contribution >= 4 is 26.3 Å². The number of hydrogen-bond donors (Lipinski definition) is 2. The third-order valence-electron chi connectivity index (χ3n) is 0.455. The summed E-state index contributed by atoms with van der Waals surface area (Å²) in [6.07, 6.45) is 0. The predicted octanol–water partition coefficient (Wildman–Crippen LogP) is -3.11. The van der Waals surface area contributed by atoms with E-state index in [1.165, 1.54) is 0 Å². The molecular formula is C2H7BrNNaO3S. The second-order valence-corrected chi connectivity index (χ2v) is 3.30. The van der Waals surface area contributed by atoms with Crippen LogP contribution < -0.4 is 33.9 Å². The van der Waals surface area contributed by atoms with Crippen LogP contribution in [-0.2, 0) is 10.1 Å². The first kappa shape index (κ1) is 13.0. The van der Waals surface area contributed by atoms with Crippen LogP contribution in [-0.4, -0.2) is 25.3 Å². The molecule has 0 aliphatic carbocycles. The van der Waals surface area contributed by atoms with Gasteiger partial charge < -0.3 is 1.43 Å². The molecule has 7 heteroatoms. The van der Waals surface area contributed by atoms with Crippen molar-refractivity contribution in [2.75, 3.05) is 12.3 Å². The Balaban J connectivity index is -0.000000245. The van der Waals surface area contributed by atoms with Gasteiger partial charge in [-0.15, -0.1) is 0 Å². The fraction of sp³-hybridized carbons (Fsp3) is 1.00. The minimum atomic E-state index is -3.78. The summed E-state index contributed by atoms with van der Waals surface area (Å²) in [7, 11) is -3.78. The molecule has 0 aliphatic heterocycles. The average Bonchev–Trinajstić information content (AvgIpc) is 1.59. The van der Waals surface area contributed by atoms with E-state index in [2.05, 4.69) is 20.5 Å². The zero-order chi connectivity index (χ0) is 6.62. The molecule has 0 heterocycles. The summed E-state index contributed by atoms with van der Waals surface area (Å²) in [5.41, 5.74) is 0. The Bertz CT molecular complexity index is 151. The van der Waals surface area contributed by atoms with E-state index in [1.807, 2.05) is 0 Å². The first-order chi connectivity index (χ1) is 3.56. The van der Waals surface area contributed by atoms with Gasteiger partial charge in [-0.25, -0.2) is 0 Å². The molecule has 0 saturated heterocycles. The molecule has 0 saturated carbocycles. The van der Waals surface area contributed by atoms with Crippen LogP contribution in [0.2, 0.25) is 0 Å². The SMILES string of the molecule is O=S(=O)(O)CCNBr.[H-].[Na+]. The van der Waals surface area contributed by atoms with Crippen LogP contribution in [0.5, 0.6) is 0 Å². The first-order valence-corrected chi connectivity index (χ1v) is 4.25. The smallest absolute Gasteiger partial charge is 1.00 e. The third kappa shape index (κ3) is 12.5. The Morgan fingerprint density at radius 2 is 2.11 bits per heavy atom. The molecule has 0 unspecified atom stereocenters. The van der Waals surface area contributed by atoms with Crippen LogP contribution in [0.15, 0.2) is 0 Å². The van der Waals surface area contributed by atoms with Gasteiger partial charge in [-0.2, -0.15) is 8.42 Å². The maximum atomic E-state index is 9.88. The van der Waals surface area contributed by atoms with Crippen molar-refractivity contribution in [3.8, 4) is 0 Å². The summed E-state index contributed by atoms with van der Waals surface area (Å²) >= 11 is 2.78. The van der Waals surface area contributed by atoms with Crippen LogP contribution in [0, 0.1) is 0 Å². The van der Waals surface area contributed by atoms with Gasteiger partial charge in [0.1, 0.15) is 0 Å². The minimum Gasteiger partial charge on any atom is -1.00 e. The Labute approximate surface area is 86.3 Å². The fourth-order valence-electron chi connectivity index (χ4n) is 0.168. The zero-order valence-corrected chi connectivity index (χ0v) is 9.37. The van der Waals surface area contributed by atoms with Crippen LogP contribution in [0.1, 0.15) is 1.43 Å². The monoisotopic (exact) mass is 227 g/mol. The van der Waals surface area contributed by atoms with Crippen LogP contribution in [0.4, 0.5) is 0 Å². The van der Waals surface area contributed by atoms with E-state index in [1.54, 1.807) is 0 Å². The van der Waals surface area contributed by atoms with Gasteiger partial charge in [0.05, 0.1) is 5.75 Å². The van der Waals surface area contributed by atoms with Gasteiger partial charge in [0.25, 0.3) is 10.1 Å². The van der Waals surface area contributed by atoms with Gasteiger partial charge in [-0.1, -0.05) is 0 Å². The quantitative estimate of drug-likeness (QED) is 0.305. The van der Waals surface area contributed by atoms with Gasteiger partial charge >= 0.3 is 29.6 Å². The minimum absolute atomic E-state index is 0. The Hall–Kier alpha value is 1.35. The Morgan fingerprint density at radius 1 is 1.67 bits per heavy atom. The molecule has 9 heavy (non-hydrogen) atoms. The molecule has 0 amide bonds. The van der Waals surface area contributed by atoms with Gasteiger partial charge in [0, 0.05) is 22.7 Å². The van der Waals surface area contributed by atoms with E-state index in [4.69, 9.17) is 4.55 Å². The fourth-order valence-corrected chi connectivity index (χ4v) is 0.988. The maximum Gasteiger partial charge on any atom is 1.00 e. The summed E-state index contributed by atoms with van der Waals surface area (Å²) in [4.78, 5) is 0. The van der Waals surface area contributed by atoms with Crippen molar-refractivity contribution in [1.82, 2.24) is 4.34 Å². The summed E-state index contributed by atoms with van der Waals surface area (Å²) in [6.45, 7) is 0.207. The summed E-state index contributed by atoms with van der Waals surface area (Å²) < 4.78 is 30.2. The largest absolute Gasteiger partial charge is 1.00 e. The van der Waals surface area contributed by atoms with Gasteiger partial charge in [-0.05, 0) is 0 Å². The number of rotatable bonds is 3.